The van der Waals surface area contributed by atoms with Crippen LogP contribution in [0, 0.1) is 6.92 Å². The highest BCUT2D eigenvalue weighted by Crippen LogP contribution is 2.28. The number of aromatic nitrogens is 3. The van der Waals surface area contributed by atoms with E-state index in [1.54, 1.807) is 47.0 Å². The number of imidazole rings is 1. The summed E-state index contributed by atoms with van der Waals surface area (Å²) in [5, 5.41) is 17.4. The summed E-state index contributed by atoms with van der Waals surface area (Å²) in [5.41, 5.74) is 14.2. The van der Waals surface area contributed by atoms with Gasteiger partial charge in [-0.05, 0) is 145 Å². The highest BCUT2D eigenvalue weighted by molar-refractivity contribution is 7.86. The maximum absolute atomic E-state index is 12.6. The first kappa shape index (κ1) is 99.3. The van der Waals surface area contributed by atoms with Crippen molar-refractivity contribution in [2.24, 2.45) is 0 Å². The number of fused-ring (bicyclic) bond motifs is 1. The first-order valence-electron chi connectivity index (χ1n) is 42.2. The molecule has 10 N–H and O–H groups in total. The minimum absolute atomic E-state index is 0.141. The molecular formula is C89H112ClN17O17S5. The highest BCUT2D eigenvalue weighted by atomic mass is 35.5. The molecule has 0 unspecified atom stereocenters. The minimum Gasteiger partial charge on any atom is -0.377 e. The summed E-state index contributed by atoms with van der Waals surface area (Å²) >= 11 is 7.25. The Balaban J connectivity index is 0.000000167. The van der Waals surface area contributed by atoms with Crippen LogP contribution < -0.4 is 37.2 Å². The number of thiazole rings is 1. The molecule has 0 atom stereocenters. The van der Waals surface area contributed by atoms with Crippen molar-refractivity contribution in [1.29, 1.82) is 0 Å². The number of benzene rings is 8. The van der Waals surface area contributed by atoms with Gasteiger partial charge in [0.05, 0.1) is 39.7 Å². The van der Waals surface area contributed by atoms with Crippen LogP contribution in [0.1, 0.15) is 65.8 Å². The van der Waals surface area contributed by atoms with E-state index in [0.29, 0.717) is 82.1 Å². The van der Waals surface area contributed by atoms with E-state index in [0.717, 1.165) is 187 Å². The van der Waals surface area contributed by atoms with E-state index in [4.69, 9.17) is 29.8 Å². The van der Waals surface area contributed by atoms with Gasteiger partial charge in [0.2, 0.25) is 0 Å². The van der Waals surface area contributed by atoms with E-state index in [9.17, 15) is 57.6 Å². The molecular weight excluding hydrogens is 1770 g/mol. The number of nitrogens with one attached hydrogen (secondary N) is 6. The normalized spacial score (nSPS) is 15.5. The molecule has 4 fully saturated rings. The van der Waals surface area contributed by atoms with E-state index in [-0.39, 0.29) is 52.5 Å². The van der Waals surface area contributed by atoms with Gasteiger partial charge in [0.25, 0.3) is 58.2 Å². The zero-order valence-electron chi connectivity index (χ0n) is 72.4. The quantitative estimate of drug-likeness (QED) is 0.0181. The van der Waals surface area contributed by atoms with E-state index < -0.39 is 40.5 Å². The molecule has 8 aromatic carbocycles. The fourth-order valence-corrected chi connectivity index (χ4v) is 17.7. The molecule has 4 saturated heterocycles. The van der Waals surface area contributed by atoms with Crippen molar-refractivity contribution in [3.05, 3.63) is 253 Å². The molecule has 4 aliphatic heterocycles. The highest BCUT2D eigenvalue weighted by Gasteiger charge is 2.25. The van der Waals surface area contributed by atoms with Crippen molar-refractivity contribution in [3.8, 4) is 11.3 Å². The van der Waals surface area contributed by atoms with Crippen molar-refractivity contribution < 1.29 is 71.1 Å². The maximum atomic E-state index is 12.6. The van der Waals surface area contributed by atoms with Crippen molar-refractivity contribution in [1.82, 2.24) is 53.7 Å². The van der Waals surface area contributed by atoms with Crippen LogP contribution in [0.25, 0.3) is 22.3 Å². The lowest BCUT2D eigenvalue weighted by Crippen LogP contribution is -2.47. The van der Waals surface area contributed by atoms with Crippen molar-refractivity contribution >= 4 is 132 Å². The SMILES string of the molecule is CCn1c(=O)[nH]c2cc(NC(=O)Nc3ccc(CN4CCN(CCS(=O)(=O)O)CC4)cc3)ccc21.Cc1ccc(NC(=O)c2ccc(CN3CCN(CCS(=O)(=O)O)CC3)cc2)cc1N(C)C.O=C(Nc1ccc(Cl)cc1)c1ccc(CN2CCN(CCS(=O)(=O)O)CC2)cc1.O=C(Nc1nc(-c2ccccc2)cs1)c1ccc(CN2CCN(CCS(=O)(=O)O)CC2)cc1. The summed E-state index contributed by atoms with van der Waals surface area (Å²) in [4.78, 5) is 88.6. The molecule has 4 aliphatic rings. The van der Waals surface area contributed by atoms with Crippen LogP contribution in [0.15, 0.2) is 198 Å². The first-order valence-corrected chi connectivity index (χ1v) is 49.9. The van der Waals surface area contributed by atoms with Crippen molar-refractivity contribution in [3.63, 3.8) is 0 Å². The Morgan fingerprint density at radius 3 is 1.15 bits per heavy atom. The molecule has 6 heterocycles. The molecule has 692 valence electrons. The standard InChI is InChI=1S/C23H30N6O5S.C23H26N4O4S2.C23H32N4O4S.C20H24ClN3O4S/c1-2-29-21-8-7-19(15-20(21)26-23(29)31)25-22(30)24-18-5-3-17(4-6-18)16-28-11-9-27(10-12-28)13-14-35(32,33)34;28-22(25-23-24-21(17-32-23)19-4-2-1-3-5-19)20-8-6-18(7-9-20)16-27-12-10-26(11-13-27)14-15-33(29,30)31;1-18-4-9-21(16-22(18)25(2)3)24-23(28)20-7-5-19(6-8-20)17-27-12-10-26(11-13-27)14-15-32(29,30)31;21-18-5-7-19(8-6-18)22-20(25)17-3-1-16(2-4-17)15-24-11-9-23(10-12-24)13-14-29(26,27)28/h3-8,15H,2,9-14,16H2,1H3,(H,26,31)(H2,24,25,30)(H,32,33,34);1-9,17H,10-16H2,(H,24,25,28)(H,29,30,31);4-9,16H,10-15,17H2,1-3H3,(H,24,28)(H,29,30,31);1-8H,9-15H2,(H,22,25)(H,26,27,28). The zero-order chi connectivity index (χ0) is 92.4. The van der Waals surface area contributed by atoms with Gasteiger partial charge in [-0.15, -0.1) is 11.3 Å². The van der Waals surface area contributed by atoms with Gasteiger partial charge in [0.15, 0.2) is 5.13 Å². The van der Waals surface area contributed by atoms with E-state index in [1.807, 2.05) is 203 Å². The van der Waals surface area contributed by atoms with Crippen LogP contribution in [-0.4, -0.2) is 297 Å². The Hall–Kier alpha value is -10.3. The summed E-state index contributed by atoms with van der Waals surface area (Å²) in [6.45, 7) is 21.6. The number of urea groups is 1. The number of H-pyrrole nitrogens is 1. The molecule has 0 radical (unpaired) electrons. The van der Waals surface area contributed by atoms with Gasteiger partial charge in [-0.2, -0.15) is 33.7 Å². The fourth-order valence-electron chi connectivity index (χ4n) is 14.9. The number of nitrogens with zero attached hydrogens (tertiary/aromatic N) is 11. The van der Waals surface area contributed by atoms with Gasteiger partial charge < -0.3 is 31.2 Å². The number of hydrogen-bond donors (Lipinski definition) is 10. The molecule has 14 rings (SSSR count). The van der Waals surface area contributed by atoms with Gasteiger partial charge in [-0.3, -0.25) is 81.7 Å². The maximum Gasteiger partial charge on any atom is 0.326 e. The van der Waals surface area contributed by atoms with Crippen molar-refractivity contribution in [2.75, 3.05) is 199 Å². The first-order chi connectivity index (χ1) is 61.4. The van der Waals surface area contributed by atoms with Gasteiger partial charge in [-0.25, -0.2) is 14.6 Å². The number of amides is 5. The molecule has 2 aromatic heterocycles. The lowest BCUT2D eigenvalue weighted by Gasteiger charge is -2.34. The molecule has 34 nitrogen and oxygen atoms in total. The van der Waals surface area contributed by atoms with E-state index in [2.05, 4.69) is 56.2 Å². The van der Waals surface area contributed by atoms with Gasteiger partial charge in [0, 0.05) is 239 Å². The molecule has 10 aromatic rings. The summed E-state index contributed by atoms with van der Waals surface area (Å²) in [6, 6.07) is 57.9. The molecule has 5 amide bonds. The molecule has 0 saturated carbocycles. The number of aromatic amines is 1. The van der Waals surface area contributed by atoms with Gasteiger partial charge in [0.1, 0.15) is 0 Å². The minimum atomic E-state index is -3.93. The second-order valence-electron chi connectivity index (χ2n) is 32.1. The topological polar surface area (TPSA) is 426 Å². The molecule has 0 aliphatic carbocycles. The average molecular weight is 1890 g/mol. The number of carbonyl (C=O) groups excluding carboxylic acids is 4. The second kappa shape index (κ2) is 47.0. The smallest absolute Gasteiger partial charge is 0.326 e. The number of anilines is 6. The third kappa shape index (κ3) is 33.6. The largest absolute Gasteiger partial charge is 0.377 e. The van der Waals surface area contributed by atoms with Crippen LogP contribution in [0.5, 0.6) is 0 Å². The Bertz CT molecular complexity index is 5920. The van der Waals surface area contributed by atoms with Gasteiger partial charge in [-0.1, -0.05) is 96.5 Å². The Kier molecular flexibility index (Phi) is 36.2. The predicted molar refractivity (Wildman–Crippen MR) is 508 cm³/mol. The summed E-state index contributed by atoms with van der Waals surface area (Å²) in [5.74, 6) is -1.44. The lowest BCUT2D eigenvalue weighted by atomic mass is 10.1. The zero-order valence-corrected chi connectivity index (χ0v) is 77.3. The molecule has 0 spiro atoms. The summed E-state index contributed by atoms with van der Waals surface area (Å²) in [6.07, 6.45) is 0. The fraction of sp³-hybridized carbons (Fsp3) is 0.371. The van der Waals surface area contributed by atoms with Crippen LogP contribution in [0.2, 0.25) is 5.02 Å². The summed E-state index contributed by atoms with van der Waals surface area (Å²) < 4.78 is 124. The Morgan fingerprint density at radius 2 is 0.760 bits per heavy atom. The third-order valence-corrected chi connectivity index (χ3v) is 26.0. The molecule has 40 heteroatoms. The van der Waals surface area contributed by atoms with Crippen LogP contribution in [0.4, 0.5) is 38.4 Å². The molecule has 129 heavy (non-hydrogen) atoms. The lowest BCUT2D eigenvalue weighted by molar-refractivity contribution is 0.101. The summed E-state index contributed by atoms with van der Waals surface area (Å²) in [7, 11) is -11.7. The Morgan fingerprint density at radius 1 is 0.426 bits per heavy atom. The number of halogens is 1. The van der Waals surface area contributed by atoms with E-state index in [1.165, 1.54) is 11.3 Å². The third-order valence-electron chi connectivity index (χ3n) is 22.2. The van der Waals surface area contributed by atoms with Crippen LogP contribution >= 0.6 is 22.9 Å². The monoisotopic (exact) mass is 1890 g/mol. The van der Waals surface area contributed by atoms with Gasteiger partial charge >= 0.3 is 11.7 Å². The van der Waals surface area contributed by atoms with Crippen molar-refractivity contribution in [2.45, 2.75) is 46.6 Å². The van der Waals surface area contributed by atoms with E-state index >= 15 is 0 Å². The molecule has 0 bridgehead atoms. The Labute approximate surface area is 762 Å². The number of carbonyl (C=O) groups is 4. The van der Waals surface area contributed by atoms with Crippen LogP contribution in [-0.2, 0) is 73.2 Å². The predicted octanol–water partition coefficient (Wildman–Crippen LogP) is 9.98. The number of rotatable bonds is 31. The average Bonchev–Trinajstić information content (AvgIpc) is 1.64. The second-order valence-corrected chi connectivity index (χ2v) is 39.6. The number of piperazine rings is 4. The van der Waals surface area contributed by atoms with Crippen LogP contribution in [0.3, 0.4) is 0 Å². The number of aryl methyl sites for hydroxylation is 2. The number of hydrogen-bond acceptors (Lipinski definition) is 24.